The van der Waals surface area contributed by atoms with Crippen molar-refractivity contribution in [3.63, 3.8) is 0 Å². The van der Waals surface area contributed by atoms with Crippen molar-refractivity contribution in [1.29, 1.82) is 0 Å². The third kappa shape index (κ3) is 5.18. The fraction of sp³-hybridized carbons (Fsp3) is 0.588. The van der Waals surface area contributed by atoms with Gasteiger partial charge in [-0.2, -0.15) is 0 Å². The predicted octanol–water partition coefficient (Wildman–Crippen LogP) is 2.88. The van der Waals surface area contributed by atoms with E-state index in [0.717, 1.165) is 36.1 Å². The van der Waals surface area contributed by atoms with Crippen molar-refractivity contribution < 1.29 is 0 Å². The highest BCUT2D eigenvalue weighted by Gasteiger charge is 2.20. The highest BCUT2D eigenvalue weighted by molar-refractivity contribution is 6.30. The number of rotatable bonds is 6. The second-order valence-corrected chi connectivity index (χ2v) is 6.18. The molecule has 2 rings (SSSR count). The summed E-state index contributed by atoms with van der Waals surface area (Å²) in [5.74, 6) is 0.845. The van der Waals surface area contributed by atoms with E-state index in [1.54, 1.807) is 0 Å². The minimum Gasteiger partial charge on any atom is -0.355 e. The Kier molecular flexibility index (Phi) is 7.00. The molecule has 122 valence electrons. The van der Waals surface area contributed by atoms with Crippen LogP contribution in [0.5, 0.6) is 0 Å². The highest BCUT2D eigenvalue weighted by Crippen LogP contribution is 2.13. The second-order valence-electron chi connectivity index (χ2n) is 5.74. The van der Waals surface area contributed by atoms with Gasteiger partial charge in [0.1, 0.15) is 0 Å². The van der Waals surface area contributed by atoms with Crippen molar-refractivity contribution >= 4 is 17.6 Å². The van der Waals surface area contributed by atoms with E-state index in [4.69, 9.17) is 11.6 Å². The summed E-state index contributed by atoms with van der Waals surface area (Å²) in [5, 5.41) is 7.56. The van der Waals surface area contributed by atoms with Crippen molar-refractivity contribution in [2.24, 2.45) is 4.99 Å². The predicted molar refractivity (Wildman–Crippen MR) is 94.5 cm³/mol. The number of halogens is 1. The van der Waals surface area contributed by atoms with E-state index in [-0.39, 0.29) is 0 Å². The van der Waals surface area contributed by atoms with Crippen LogP contribution in [0.3, 0.4) is 0 Å². The van der Waals surface area contributed by atoms with Crippen LogP contribution in [0.2, 0.25) is 5.02 Å². The third-order valence-corrected chi connectivity index (χ3v) is 4.44. The van der Waals surface area contributed by atoms with Crippen LogP contribution in [0.1, 0.15) is 31.7 Å². The lowest BCUT2D eigenvalue weighted by Gasteiger charge is -2.27. The number of benzene rings is 1. The van der Waals surface area contributed by atoms with Gasteiger partial charge in [0.05, 0.1) is 0 Å². The van der Waals surface area contributed by atoms with Crippen LogP contribution in [0.4, 0.5) is 0 Å². The Labute approximate surface area is 138 Å². The minimum absolute atomic E-state index is 0.590. The van der Waals surface area contributed by atoms with Crippen molar-refractivity contribution in [1.82, 2.24) is 15.5 Å². The summed E-state index contributed by atoms with van der Waals surface area (Å²) in [5.41, 5.74) is 1.15. The van der Waals surface area contributed by atoms with E-state index in [9.17, 15) is 0 Å². The summed E-state index contributed by atoms with van der Waals surface area (Å²) < 4.78 is 0. The summed E-state index contributed by atoms with van der Waals surface area (Å²) in [6.07, 6.45) is 3.83. The van der Waals surface area contributed by atoms with Crippen molar-refractivity contribution in [2.75, 3.05) is 26.7 Å². The number of hydrogen-bond acceptors (Lipinski definition) is 2. The summed E-state index contributed by atoms with van der Waals surface area (Å²) in [4.78, 5) is 6.88. The quantitative estimate of drug-likeness (QED) is 0.625. The average Bonchev–Trinajstić information content (AvgIpc) is 3.05. The molecule has 0 saturated carbocycles. The number of guanidine groups is 1. The molecule has 0 spiro atoms. The van der Waals surface area contributed by atoms with Gasteiger partial charge in [-0.3, -0.25) is 9.89 Å². The Morgan fingerprint density at radius 1 is 1.32 bits per heavy atom. The van der Waals surface area contributed by atoms with Crippen LogP contribution in [0.25, 0.3) is 0 Å². The molecule has 4 nitrogen and oxygen atoms in total. The molecule has 0 radical (unpaired) electrons. The van der Waals surface area contributed by atoms with Gasteiger partial charge >= 0.3 is 0 Å². The second kappa shape index (κ2) is 9.01. The van der Waals surface area contributed by atoms with Crippen LogP contribution >= 0.6 is 11.6 Å². The Hall–Kier alpha value is -1.26. The Balaban J connectivity index is 1.79. The first kappa shape index (κ1) is 17.1. The zero-order valence-electron chi connectivity index (χ0n) is 13.6. The van der Waals surface area contributed by atoms with Gasteiger partial charge in [0.25, 0.3) is 0 Å². The largest absolute Gasteiger partial charge is 0.355 e. The fourth-order valence-electron chi connectivity index (χ4n) is 2.91. The van der Waals surface area contributed by atoms with Gasteiger partial charge in [0, 0.05) is 31.2 Å². The molecule has 0 aromatic heterocycles. The van der Waals surface area contributed by atoms with Gasteiger partial charge in [-0.25, -0.2) is 0 Å². The molecule has 1 aromatic carbocycles. The first-order valence-corrected chi connectivity index (χ1v) is 8.53. The van der Waals surface area contributed by atoms with Gasteiger partial charge in [0.2, 0.25) is 0 Å². The molecule has 0 bridgehead atoms. The van der Waals surface area contributed by atoms with E-state index >= 15 is 0 Å². The molecular formula is C17H27ClN4. The first-order valence-electron chi connectivity index (χ1n) is 8.16. The van der Waals surface area contributed by atoms with Crippen molar-refractivity contribution in [3.8, 4) is 0 Å². The highest BCUT2D eigenvalue weighted by atomic mass is 35.5. The maximum Gasteiger partial charge on any atom is 0.191 e. The molecule has 1 heterocycles. The topological polar surface area (TPSA) is 39.7 Å². The third-order valence-electron chi connectivity index (χ3n) is 4.21. The Morgan fingerprint density at radius 3 is 2.73 bits per heavy atom. The molecule has 1 aliphatic heterocycles. The van der Waals surface area contributed by atoms with E-state index in [2.05, 4.69) is 33.5 Å². The van der Waals surface area contributed by atoms with Crippen molar-refractivity contribution in [2.45, 2.75) is 38.8 Å². The lowest BCUT2D eigenvalue weighted by atomic mass is 10.2. The van der Waals surface area contributed by atoms with Gasteiger partial charge < -0.3 is 10.6 Å². The molecule has 1 saturated heterocycles. The molecular weight excluding hydrogens is 296 g/mol. The molecule has 1 aromatic rings. The van der Waals surface area contributed by atoms with E-state index < -0.39 is 0 Å². The van der Waals surface area contributed by atoms with Gasteiger partial charge in [-0.1, -0.05) is 30.7 Å². The van der Waals surface area contributed by atoms with Crippen LogP contribution in [0, 0.1) is 0 Å². The zero-order chi connectivity index (χ0) is 15.8. The zero-order valence-corrected chi connectivity index (χ0v) is 14.4. The maximum absolute atomic E-state index is 6.01. The molecule has 1 aliphatic rings. The van der Waals surface area contributed by atoms with Gasteiger partial charge in [-0.15, -0.1) is 0 Å². The van der Waals surface area contributed by atoms with Crippen LogP contribution in [0.15, 0.2) is 29.3 Å². The standard InChI is InChI=1S/C17H27ClN4/c1-3-16(22-9-4-5-10-22)13-21-17(19-2)20-12-14-7-6-8-15(18)11-14/h6-8,11,16H,3-5,9-10,12-13H2,1-2H3,(H2,19,20,21). The van der Waals surface area contributed by atoms with Gasteiger partial charge in [0.15, 0.2) is 5.96 Å². The summed E-state index contributed by atoms with van der Waals surface area (Å²) in [6.45, 7) is 6.38. The summed E-state index contributed by atoms with van der Waals surface area (Å²) in [6, 6.07) is 8.48. The molecule has 5 heteroatoms. The summed E-state index contributed by atoms with van der Waals surface area (Å²) in [7, 11) is 1.81. The Morgan fingerprint density at radius 2 is 2.09 bits per heavy atom. The molecule has 0 aliphatic carbocycles. The minimum atomic E-state index is 0.590. The smallest absolute Gasteiger partial charge is 0.191 e. The molecule has 2 N–H and O–H groups in total. The van der Waals surface area contributed by atoms with Crippen molar-refractivity contribution in [3.05, 3.63) is 34.9 Å². The number of nitrogens with one attached hydrogen (secondary N) is 2. The maximum atomic E-state index is 6.01. The summed E-state index contributed by atoms with van der Waals surface area (Å²) >= 11 is 6.01. The van der Waals surface area contributed by atoms with E-state index in [0.29, 0.717) is 6.04 Å². The lowest BCUT2D eigenvalue weighted by Crippen LogP contribution is -2.46. The van der Waals surface area contributed by atoms with Crippen LogP contribution in [-0.4, -0.2) is 43.6 Å². The molecule has 0 amide bonds. The Bertz CT molecular complexity index is 483. The van der Waals surface area contributed by atoms with Crippen LogP contribution < -0.4 is 10.6 Å². The average molecular weight is 323 g/mol. The monoisotopic (exact) mass is 322 g/mol. The number of aliphatic imine (C=N–C) groups is 1. The lowest BCUT2D eigenvalue weighted by molar-refractivity contribution is 0.236. The normalized spacial score (nSPS) is 17.5. The van der Waals surface area contributed by atoms with E-state index in [1.165, 1.54) is 25.9 Å². The molecule has 1 unspecified atom stereocenters. The SMILES string of the molecule is CCC(CNC(=NC)NCc1cccc(Cl)c1)N1CCCC1. The van der Waals surface area contributed by atoms with Gasteiger partial charge in [-0.05, 0) is 50.0 Å². The molecule has 1 atom stereocenters. The van der Waals surface area contributed by atoms with Crippen LogP contribution in [-0.2, 0) is 6.54 Å². The number of hydrogen-bond donors (Lipinski definition) is 2. The number of nitrogens with zero attached hydrogens (tertiary/aromatic N) is 2. The molecule has 1 fully saturated rings. The first-order chi connectivity index (χ1) is 10.7. The number of likely N-dealkylation sites (tertiary alicyclic amines) is 1. The van der Waals surface area contributed by atoms with E-state index in [1.807, 2.05) is 25.2 Å². The fourth-order valence-corrected chi connectivity index (χ4v) is 3.12. The molecule has 22 heavy (non-hydrogen) atoms.